The summed E-state index contributed by atoms with van der Waals surface area (Å²) in [7, 11) is -0.477. The normalized spacial score (nSPS) is 18.5. The van der Waals surface area contributed by atoms with Gasteiger partial charge in [-0.05, 0) is 38.7 Å². The van der Waals surface area contributed by atoms with Crippen molar-refractivity contribution in [2.75, 3.05) is 11.5 Å². The average molecular weight is 416 g/mol. The van der Waals surface area contributed by atoms with E-state index < -0.39 is 18.3 Å². The number of hydrogen-bond acceptors (Lipinski definition) is 7. The maximum absolute atomic E-state index is 11.5. The summed E-state index contributed by atoms with van der Waals surface area (Å²) >= 11 is 2.69. The first kappa shape index (κ1) is 21.1. The van der Waals surface area contributed by atoms with Gasteiger partial charge in [-0.25, -0.2) is 4.98 Å². The summed E-state index contributed by atoms with van der Waals surface area (Å²) in [6, 6.07) is 8.07. The zero-order chi connectivity index (χ0) is 20.5. The molecule has 8 heteroatoms. The van der Waals surface area contributed by atoms with Crippen molar-refractivity contribution in [3.05, 3.63) is 40.7 Å². The van der Waals surface area contributed by atoms with Crippen LogP contribution in [0.5, 0.6) is 0 Å². The maximum atomic E-state index is 11.5. The van der Waals surface area contributed by atoms with Crippen molar-refractivity contribution < 1.29 is 14.1 Å². The van der Waals surface area contributed by atoms with E-state index >= 15 is 0 Å². The monoisotopic (exact) mass is 416 g/mol. The van der Waals surface area contributed by atoms with E-state index in [1.165, 1.54) is 23.1 Å². The third kappa shape index (κ3) is 4.68. The molecule has 0 bridgehead atoms. The Balaban J connectivity index is 1.85. The predicted octanol–water partition coefficient (Wildman–Crippen LogP) is 4.69. The fourth-order valence-electron chi connectivity index (χ4n) is 2.74. The van der Waals surface area contributed by atoms with Gasteiger partial charge < -0.3 is 15.0 Å². The minimum atomic E-state index is -0.477. The quantitative estimate of drug-likeness (QED) is 0.713. The van der Waals surface area contributed by atoms with E-state index in [1.54, 1.807) is 6.92 Å². The summed E-state index contributed by atoms with van der Waals surface area (Å²) in [4.78, 5) is 15.8. The highest BCUT2D eigenvalue weighted by atomic mass is 32.2. The average Bonchev–Trinajstić information content (AvgIpc) is 3.12. The molecule has 1 fully saturated rings. The van der Waals surface area contributed by atoms with E-state index in [2.05, 4.69) is 4.98 Å². The molecule has 2 N–H and O–H groups in total. The molecule has 28 heavy (non-hydrogen) atoms. The van der Waals surface area contributed by atoms with Crippen molar-refractivity contribution >= 4 is 46.5 Å². The van der Waals surface area contributed by atoms with Gasteiger partial charge in [0, 0.05) is 23.6 Å². The summed E-state index contributed by atoms with van der Waals surface area (Å²) in [6.45, 7) is 9.67. The van der Waals surface area contributed by atoms with Crippen LogP contribution in [0.25, 0.3) is 17.3 Å². The van der Waals surface area contributed by atoms with Crippen LogP contribution in [0, 0.1) is 0 Å². The first-order valence-corrected chi connectivity index (χ1v) is 10.9. The minimum Gasteiger partial charge on any atom is -0.400 e. The molecule has 0 aliphatic carbocycles. The Hall–Kier alpha value is -1.61. The molecule has 1 aliphatic rings. The SMILES string of the molecule is CC(=O)SCC(=Cc1ccc(-c2csc(N)n2)cc1)B1OC(C)(C)C(C)(C)O1. The van der Waals surface area contributed by atoms with E-state index in [-0.39, 0.29) is 5.12 Å². The molecule has 2 aromatic rings. The van der Waals surface area contributed by atoms with Crippen molar-refractivity contribution in [2.45, 2.75) is 45.8 Å². The first-order valence-electron chi connectivity index (χ1n) is 9.08. The number of nitrogens with zero attached hydrogens (tertiary/aromatic N) is 1. The molecule has 1 aromatic carbocycles. The fraction of sp³-hybridized carbons (Fsp3) is 0.400. The summed E-state index contributed by atoms with van der Waals surface area (Å²) in [5.41, 5.74) is 8.71. The van der Waals surface area contributed by atoms with E-state index in [9.17, 15) is 4.79 Å². The Morgan fingerprint density at radius 2 is 1.82 bits per heavy atom. The molecule has 0 spiro atoms. The number of rotatable bonds is 5. The number of carbonyl (C=O) groups is 1. The van der Waals surface area contributed by atoms with Crippen LogP contribution in [0.15, 0.2) is 35.1 Å². The molecule has 1 saturated heterocycles. The molecule has 0 atom stereocenters. The second-order valence-corrected chi connectivity index (χ2v) is 9.82. The molecule has 0 unspecified atom stereocenters. The van der Waals surface area contributed by atoms with Gasteiger partial charge in [-0.15, -0.1) is 11.3 Å². The smallest absolute Gasteiger partial charge is 0.400 e. The lowest BCUT2D eigenvalue weighted by molar-refractivity contribution is -0.109. The highest BCUT2D eigenvalue weighted by Crippen LogP contribution is 2.39. The van der Waals surface area contributed by atoms with Crippen LogP contribution in [0.2, 0.25) is 0 Å². The van der Waals surface area contributed by atoms with Gasteiger partial charge in [0.2, 0.25) is 0 Å². The molecule has 0 saturated carbocycles. The molecule has 1 aliphatic heterocycles. The van der Waals surface area contributed by atoms with Crippen molar-refractivity contribution in [1.82, 2.24) is 4.98 Å². The highest BCUT2D eigenvalue weighted by molar-refractivity contribution is 8.13. The molecular weight excluding hydrogens is 391 g/mol. The number of carbonyl (C=O) groups excluding carboxylic acids is 1. The lowest BCUT2D eigenvalue weighted by Crippen LogP contribution is -2.41. The Morgan fingerprint density at radius 3 is 2.32 bits per heavy atom. The van der Waals surface area contributed by atoms with E-state index in [4.69, 9.17) is 15.0 Å². The zero-order valence-corrected chi connectivity index (χ0v) is 18.4. The topological polar surface area (TPSA) is 74.4 Å². The lowest BCUT2D eigenvalue weighted by Gasteiger charge is -2.32. The number of anilines is 1. The number of hydrogen-bond donors (Lipinski definition) is 1. The number of nitrogen functional groups attached to an aromatic ring is 1. The fourth-order valence-corrected chi connectivity index (χ4v) is 3.90. The minimum absolute atomic E-state index is 0.0684. The van der Waals surface area contributed by atoms with Crippen LogP contribution in [-0.2, 0) is 14.1 Å². The molecular formula is C20H25BN2O3S2. The van der Waals surface area contributed by atoms with Crippen LogP contribution < -0.4 is 5.73 Å². The summed E-state index contributed by atoms with van der Waals surface area (Å²) in [5.74, 6) is 0.524. The van der Waals surface area contributed by atoms with E-state index in [0.717, 1.165) is 22.3 Å². The van der Waals surface area contributed by atoms with Crippen LogP contribution in [0.4, 0.5) is 5.13 Å². The maximum Gasteiger partial charge on any atom is 0.491 e. The zero-order valence-electron chi connectivity index (χ0n) is 16.8. The molecule has 1 aromatic heterocycles. The lowest BCUT2D eigenvalue weighted by atomic mass is 9.78. The summed E-state index contributed by atoms with van der Waals surface area (Å²) < 4.78 is 12.4. The number of nitrogens with two attached hydrogens (primary N) is 1. The van der Waals surface area contributed by atoms with Crippen molar-refractivity contribution in [3.63, 3.8) is 0 Å². The van der Waals surface area contributed by atoms with Crippen LogP contribution in [-0.4, -0.2) is 34.2 Å². The Labute approximate surface area is 174 Å². The van der Waals surface area contributed by atoms with Gasteiger partial charge in [0.05, 0.1) is 16.9 Å². The van der Waals surface area contributed by atoms with Gasteiger partial charge in [-0.1, -0.05) is 42.1 Å². The van der Waals surface area contributed by atoms with Crippen LogP contribution in [0.1, 0.15) is 40.2 Å². The number of aromatic nitrogens is 1. The van der Waals surface area contributed by atoms with E-state index in [1.807, 2.05) is 63.4 Å². The van der Waals surface area contributed by atoms with Crippen molar-refractivity contribution in [3.8, 4) is 11.3 Å². The van der Waals surface area contributed by atoms with Gasteiger partial charge in [-0.2, -0.15) is 0 Å². The van der Waals surface area contributed by atoms with Gasteiger partial charge in [-0.3, -0.25) is 4.79 Å². The summed E-state index contributed by atoms with van der Waals surface area (Å²) in [5, 5.41) is 2.57. The molecule has 5 nitrogen and oxygen atoms in total. The first-order chi connectivity index (χ1) is 13.1. The van der Waals surface area contributed by atoms with Crippen LogP contribution in [0.3, 0.4) is 0 Å². The Bertz CT molecular complexity index is 875. The van der Waals surface area contributed by atoms with Crippen molar-refractivity contribution in [2.24, 2.45) is 0 Å². The molecule has 3 rings (SSSR count). The Kier molecular flexibility index (Phi) is 6.05. The highest BCUT2D eigenvalue weighted by Gasteiger charge is 2.52. The van der Waals surface area contributed by atoms with Crippen LogP contribution >= 0.6 is 23.1 Å². The summed E-state index contributed by atoms with van der Waals surface area (Å²) in [6.07, 6.45) is 2.04. The Morgan fingerprint density at radius 1 is 1.21 bits per heavy atom. The van der Waals surface area contributed by atoms with Gasteiger partial charge >= 0.3 is 7.12 Å². The predicted molar refractivity (Wildman–Crippen MR) is 119 cm³/mol. The standard InChI is InChI=1S/C20H25BN2O3S2/c1-13(24)27-11-16(21-25-19(2,3)20(4,5)26-21)10-14-6-8-15(9-7-14)17-12-28-18(22)23-17/h6-10,12H,11H2,1-5H3,(H2,22,23). The van der Waals surface area contributed by atoms with Gasteiger partial charge in [0.25, 0.3) is 0 Å². The number of benzene rings is 1. The van der Waals surface area contributed by atoms with E-state index in [0.29, 0.717) is 10.9 Å². The molecule has 2 heterocycles. The third-order valence-electron chi connectivity index (χ3n) is 5.08. The third-order valence-corrected chi connectivity index (χ3v) is 6.64. The molecule has 0 radical (unpaired) electrons. The second kappa shape index (κ2) is 8.03. The van der Waals surface area contributed by atoms with Gasteiger partial charge in [0.15, 0.2) is 10.2 Å². The van der Waals surface area contributed by atoms with Gasteiger partial charge in [0.1, 0.15) is 0 Å². The number of thioether (sulfide) groups is 1. The largest absolute Gasteiger partial charge is 0.491 e. The van der Waals surface area contributed by atoms with Crippen molar-refractivity contribution in [1.29, 1.82) is 0 Å². The molecule has 0 amide bonds. The number of thiazole rings is 1. The molecule has 148 valence electrons. The second-order valence-electron chi connectivity index (χ2n) is 7.78.